The molecule has 5 nitrogen and oxygen atoms in total. The summed E-state index contributed by atoms with van der Waals surface area (Å²) in [6.07, 6.45) is -3.56. The van der Waals surface area contributed by atoms with E-state index in [0.717, 1.165) is 6.42 Å². The molecule has 8 heteroatoms. The molecular formula is C16H21F3N2O3. The molecule has 24 heavy (non-hydrogen) atoms. The second kappa shape index (κ2) is 8.34. The number of hydrogen-bond acceptors (Lipinski definition) is 3. The third-order valence-corrected chi connectivity index (χ3v) is 3.67. The predicted octanol–water partition coefficient (Wildman–Crippen LogP) is 3.41. The van der Waals surface area contributed by atoms with Gasteiger partial charge in [-0.3, -0.25) is 0 Å². The van der Waals surface area contributed by atoms with Crippen molar-refractivity contribution in [3.63, 3.8) is 0 Å². The molecule has 0 radical (unpaired) electrons. The summed E-state index contributed by atoms with van der Waals surface area (Å²) in [6, 6.07) is 6.40. The van der Waals surface area contributed by atoms with Crippen LogP contribution in [0.3, 0.4) is 0 Å². The maximum absolute atomic E-state index is 12.4. The molecule has 1 aromatic rings. The number of halogens is 3. The van der Waals surface area contributed by atoms with Crippen LogP contribution in [0.4, 0.5) is 23.7 Å². The van der Waals surface area contributed by atoms with Crippen LogP contribution >= 0.6 is 0 Å². The second-order valence-corrected chi connectivity index (χ2v) is 5.57. The zero-order valence-electron chi connectivity index (χ0n) is 13.4. The van der Waals surface area contributed by atoms with Gasteiger partial charge in [0, 0.05) is 12.2 Å². The number of amides is 2. The summed E-state index contributed by atoms with van der Waals surface area (Å²) in [5, 5.41) is 2.78. The van der Waals surface area contributed by atoms with E-state index in [1.54, 1.807) is 29.2 Å². The maximum Gasteiger partial charge on any atom is 0.411 e. The van der Waals surface area contributed by atoms with Gasteiger partial charge in [-0.25, -0.2) is 4.79 Å². The van der Waals surface area contributed by atoms with Crippen LogP contribution in [0.2, 0.25) is 0 Å². The molecule has 0 unspecified atom stereocenters. The number of carbonyl (C=O) groups excluding carboxylic acids is 1. The fraction of sp³-hybridized carbons (Fsp3) is 0.562. The van der Waals surface area contributed by atoms with Crippen LogP contribution in [0.25, 0.3) is 0 Å². The number of hydrogen-bond donors (Lipinski definition) is 1. The first-order valence-electron chi connectivity index (χ1n) is 7.78. The number of alkyl halides is 3. The minimum Gasteiger partial charge on any atom is -0.377 e. The molecule has 1 atom stereocenters. The van der Waals surface area contributed by atoms with E-state index in [1.807, 2.05) is 6.92 Å². The van der Waals surface area contributed by atoms with E-state index in [-0.39, 0.29) is 18.7 Å². The Bertz CT molecular complexity index is 552. The van der Waals surface area contributed by atoms with Gasteiger partial charge in [0.2, 0.25) is 0 Å². The number of nitrogens with zero attached hydrogens (tertiary/aromatic N) is 1. The lowest BCUT2D eigenvalue weighted by atomic mass is 10.2. The fourth-order valence-electron chi connectivity index (χ4n) is 2.48. The normalized spacial score (nSPS) is 18.5. The van der Waals surface area contributed by atoms with Gasteiger partial charge in [0.15, 0.2) is 0 Å². The molecule has 2 rings (SSSR count). The van der Waals surface area contributed by atoms with Crippen LogP contribution in [0, 0.1) is 0 Å². The lowest BCUT2D eigenvalue weighted by molar-refractivity contribution is -0.176. The van der Waals surface area contributed by atoms with Crippen LogP contribution in [-0.2, 0) is 16.1 Å². The molecule has 0 bridgehead atoms. The summed E-state index contributed by atoms with van der Waals surface area (Å²) in [5.74, 6) is 0. The summed E-state index contributed by atoms with van der Waals surface area (Å²) in [4.78, 5) is 14.1. The van der Waals surface area contributed by atoms with Crippen molar-refractivity contribution in [2.75, 3.05) is 31.7 Å². The first-order valence-corrected chi connectivity index (χ1v) is 7.78. The van der Waals surface area contributed by atoms with E-state index in [9.17, 15) is 18.0 Å². The largest absolute Gasteiger partial charge is 0.411 e. The summed E-state index contributed by atoms with van der Waals surface area (Å²) < 4.78 is 46.3. The zero-order chi connectivity index (χ0) is 17.6. The first kappa shape index (κ1) is 18.5. The Morgan fingerprint density at radius 3 is 2.96 bits per heavy atom. The molecule has 0 aromatic heterocycles. The second-order valence-electron chi connectivity index (χ2n) is 5.57. The van der Waals surface area contributed by atoms with Crippen molar-refractivity contribution in [3.8, 4) is 0 Å². The third kappa shape index (κ3) is 5.68. The van der Waals surface area contributed by atoms with Crippen LogP contribution in [0.15, 0.2) is 24.3 Å². The molecule has 2 amide bonds. The highest BCUT2D eigenvalue weighted by Crippen LogP contribution is 2.18. The number of nitrogens with one attached hydrogen (secondary N) is 1. The van der Waals surface area contributed by atoms with Crippen molar-refractivity contribution in [1.82, 2.24) is 4.90 Å². The molecule has 0 aliphatic carbocycles. The predicted molar refractivity (Wildman–Crippen MR) is 82.8 cm³/mol. The van der Waals surface area contributed by atoms with E-state index in [4.69, 9.17) is 4.74 Å². The van der Waals surface area contributed by atoms with E-state index in [2.05, 4.69) is 10.1 Å². The standard InChI is InChI=1S/C16H21F3N2O3/c1-2-14-10-23-7-6-21(14)15(22)20-13-5-3-4-12(8-13)9-24-11-16(17,18)19/h3-5,8,14H,2,6-7,9-11H2,1H3,(H,20,22)/t14-/m0/s1. The van der Waals surface area contributed by atoms with Crippen molar-refractivity contribution >= 4 is 11.7 Å². The van der Waals surface area contributed by atoms with Crippen molar-refractivity contribution < 1.29 is 27.4 Å². The van der Waals surface area contributed by atoms with Crippen molar-refractivity contribution in [1.29, 1.82) is 0 Å². The molecule has 1 aliphatic rings. The molecule has 1 heterocycles. The van der Waals surface area contributed by atoms with Gasteiger partial charge in [-0.15, -0.1) is 0 Å². The topological polar surface area (TPSA) is 50.8 Å². The van der Waals surface area contributed by atoms with Gasteiger partial charge in [0.05, 0.1) is 25.9 Å². The smallest absolute Gasteiger partial charge is 0.377 e. The molecule has 0 saturated carbocycles. The Morgan fingerprint density at radius 1 is 1.46 bits per heavy atom. The Morgan fingerprint density at radius 2 is 2.25 bits per heavy atom. The van der Waals surface area contributed by atoms with Gasteiger partial charge in [-0.05, 0) is 24.1 Å². The summed E-state index contributed by atoms with van der Waals surface area (Å²) >= 11 is 0. The van der Waals surface area contributed by atoms with Crippen molar-refractivity contribution in [2.24, 2.45) is 0 Å². The minimum absolute atomic E-state index is 0.0250. The highest BCUT2D eigenvalue weighted by atomic mass is 19.4. The number of morpholine rings is 1. The van der Waals surface area contributed by atoms with E-state index < -0.39 is 12.8 Å². The highest BCUT2D eigenvalue weighted by molar-refractivity contribution is 5.89. The monoisotopic (exact) mass is 346 g/mol. The SMILES string of the molecule is CC[C@H]1COCCN1C(=O)Nc1cccc(COCC(F)(F)F)c1. The number of rotatable bonds is 5. The van der Waals surface area contributed by atoms with Gasteiger partial charge in [-0.2, -0.15) is 13.2 Å². The summed E-state index contributed by atoms with van der Waals surface area (Å²) in [6.45, 7) is 2.04. The molecular weight excluding hydrogens is 325 g/mol. The molecule has 0 spiro atoms. The van der Waals surface area contributed by atoms with Gasteiger partial charge in [-0.1, -0.05) is 19.1 Å². The first-order chi connectivity index (χ1) is 11.4. The number of ether oxygens (including phenoxy) is 2. The molecule has 1 fully saturated rings. The van der Waals surface area contributed by atoms with Gasteiger partial charge < -0.3 is 19.7 Å². The molecule has 1 aromatic carbocycles. The Labute approximate surface area is 138 Å². The quantitative estimate of drug-likeness (QED) is 0.889. The molecule has 134 valence electrons. The number of carbonyl (C=O) groups is 1. The van der Waals surface area contributed by atoms with Gasteiger partial charge in [0.1, 0.15) is 6.61 Å². The van der Waals surface area contributed by atoms with E-state index >= 15 is 0 Å². The fourth-order valence-corrected chi connectivity index (χ4v) is 2.48. The van der Waals surface area contributed by atoms with E-state index in [1.165, 1.54) is 0 Å². The Hall–Kier alpha value is -1.80. The number of benzene rings is 1. The zero-order valence-corrected chi connectivity index (χ0v) is 13.4. The van der Waals surface area contributed by atoms with Gasteiger partial charge >= 0.3 is 12.2 Å². The van der Waals surface area contributed by atoms with Crippen LogP contribution in [0.5, 0.6) is 0 Å². The average Bonchev–Trinajstić information content (AvgIpc) is 2.54. The molecule has 1 saturated heterocycles. The average molecular weight is 346 g/mol. The molecule has 1 aliphatic heterocycles. The Balaban J connectivity index is 1.92. The third-order valence-electron chi connectivity index (χ3n) is 3.67. The van der Waals surface area contributed by atoms with Crippen molar-refractivity contribution in [2.45, 2.75) is 32.2 Å². The summed E-state index contributed by atoms with van der Waals surface area (Å²) in [7, 11) is 0. The van der Waals surface area contributed by atoms with E-state index in [0.29, 0.717) is 31.0 Å². The van der Waals surface area contributed by atoms with Crippen LogP contribution in [-0.4, -0.2) is 49.5 Å². The van der Waals surface area contributed by atoms with Crippen LogP contribution < -0.4 is 5.32 Å². The Kier molecular flexibility index (Phi) is 6.44. The summed E-state index contributed by atoms with van der Waals surface area (Å²) in [5.41, 5.74) is 1.08. The van der Waals surface area contributed by atoms with Crippen LogP contribution in [0.1, 0.15) is 18.9 Å². The lowest BCUT2D eigenvalue weighted by Crippen LogP contribution is -2.50. The molecule has 1 N–H and O–H groups in total. The minimum atomic E-state index is -4.35. The maximum atomic E-state index is 12.4. The number of anilines is 1. The number of urea groups is 1. The van der Waals surface area contributed by atoms with Crippen molar-refractivity contribution in [3.05, 3.63) is 29.8 Å². The lowest BCUT2D eigenvalue weighted by Gasteiger charge is -2.35. The van der Waals surface area contributed by atoms with Gasteiger partial charge in [0.25, 0.3) is 0 Å². The highest BCUT2D eigenvalue weighted by Gasteiger charge is 2.27.